The molecule has 2 aromatic carbocycles. The third-order valence-electron chi connectivity index (χ3n) is 3.33. The van der Waals surface area contributed by atoms with Gasteiger partial charge in [0.1, 0.15) is 5.82 Å². The number of pyridine rings is 1. The van der Waals surface area contributed by atoms with E-state index in [1.165, 1.54) is 17.7 Å². The van der Waals surface area contributed by atoms with Crippen molar-refractivity contribution in [1.82, 2.24) is 0 Å². The monoisotopic (exact) mass is 342 g/mol. The van der Waals surface area contributed by atoms with Gasteiger partial charge in [-0.1, -0.05) is 46.3 Å². The average molecular weight is 343 g/mol. The lowest BCUT2D eigenvalue weighted by Crippen LogP contribution is -2.33. The van der Waals surface area contributed by atoms with Crippen LogP contribution in [0.4, 0.5) is 4.39 Å². The van der Waals surface area contributed by atoms with Crippen molar-refractivity contribution in [3.63, 3.8) is 0 Å². The van der Waals surface area contributed by atoms with Gasteiger partial charge in [-0.25, -0.2) is 8.96 Å². The van der Waals surface area contributed by atoms with Crippen LogP contribution in [0, 0.1) is 5.82 Å². The number of nitrogens with zero attached hydrogens (tertiary/aromatic N) is 1. The largest absolute Gasteiger partial charge is 0.207 e. The molecule has 0 saturated carbocycles. The van der Waals surface area contributed by atoms with E-state index >= 15 is 0 Å². The maximum Gasteiger partial charge on any atom is 0.176 e. The van der Waals surface area contributed by atoms with Gasteiger partial charge in [0.05, 0.1) is 0 Å². The lowest BCUT2D eigenvalue weighted by molar-refractivity contribution is -0.688. The second kappa shape index (κ2) is 6.19. The zero-order valence-corrected chi connectivity index (χ0v) is 12.9. The van der Waals surface area contributed by atoms with E-state index in [0.717, 1.165) is 15.6 Å². The van der Waals surface area contributed by atoms with Gasteiger partial charge in [0.25, 0.3) is 0 Å². The molecule has 1 heterocycles. The Kier molecular flexibility index (Phi) is 4.11. The van der Waals surface area contributed by atoms with Crippen LogP contribution in [0.15, 0.2) is 77.5 Å². The van der Waals surface area contributed by atoms with Crippen LogP contribution in [-0.4, -0.2) is 0 Å². The highest BCUT2D eigenvalue weighted by atomic mass is 79.9. The Hall–Kier alpha value is -2.00. The van der Waals surface area contributed by atoms with Crippen LogP contribution < -0.4 is 4.57 Å². The lowest BCUT2D eigenvalue weighted by Gasteiger charge is -2.03. The molecule has 3 heteroatoms. The van der Waals surface area contributed by atoms with Gasteiger partial charge >= 0.3 is 0 Å². The number of rotatable bonds is 3. The van der Waals surface area contributed by atoms with E-state index in [-0.39, 0.29) is 5.82 Å². The molecule has 0 aliphatic rings. The van der Waals surface area contributed by atoms with Gasteiger partial charge in [0.15, 0.2) is 18.9 Å². The molecule has 3 aromatic rings. The Labute approximate surface area is 131 Å². The Morgan fingerprint density at radius 2 is 1.67 bits per heavy atom. The Balaban J connectivity index is 1.90. The first-order chi connectivity index (χ1) is 10.2. The summed E-state index contributed by atoms with van der Waals surface area (Å²) >= 11 is 3.41. The highest BCUT2D eigenvalue weighted by Gasteiger charge is 2.09. The minimum absolute atomic E-state index is 0.228. The highest BCUT2D eigenvalue weighted by Crippen LogP contribution is 2.19. The van der Waals surface area contributed by atoms with Crippen molar-refractivity contribution in [2.45, 2.75) is 6.54 Å². The molecule has 3 rings (SSSR count). The summed E-state index contributed by atoms with van der Waals surface area (Å²) in [5.41, 5.74) is 3.40. The van der Waals surface area contributed by atoms with Crippen molar-refractivity contribution in [2.75, 3.05) is 0 Å². The molecule has 0 fully saturated rings. The molecule has 0 saturated heterocycles. The molecule has 0 aliphatic carbocycles. The molecule has 104 valence electrons. The van der Waals surface area contributed by atoms with Gasteiger partial charge in [-0.15, -0.1) is 0 Å². The summed E-state index contributed by atoms with van der Waals surface area (Å²) in [6, 6.07) is 19.2. The molecule has 0 amide bonds. The topological polar surface area (TPSA) is 3.88 Å². The molecule has 0 bridgehead atoms. The summed E-state index contributed by atoms with van der Waals surface area (Å²) in [5, 5.41) is 0. The normalized spacial score (nSPS) is 10.6. The number of hydrogen-bond acceptors (Lipinski definition) is 0. The summed E-state index contributed by atoms with van der Waals surface area (Å²) in [6.45, 7) is 0.696. The highest BCUT2D eigenvalue weighted by molar-refractivity contribution is 9.10. The quantitative estimate of drug-likeness (QED) is 0.613. The van der Waals surface area contributed by atoms with Crippen LogP contribution in [0.3, 0.4) is 0 Å². The first kappa shape index (κ1) is 14.0. The predicted molar refractivity (Wildman–Crippen MR) is 85.3 cm³/mol. The Bertz CT molecular complexity index is 756. The number of halogens is 2. The van der Waals surface area contributed by atoms with Crippen molar-refractivity contribution in [2.24, 2.45) is 0 Å². The van der Waals surface area contributed by atoms with Crippen molar-refractivity contribution >= 4 is 15.9 Å². The maximum atomic E-state index is 13.1. The molecule has 1 nitrogen and oxygen atoms in total. The minimum atomic E-state index is -0.228. The first-order valence-electron chi connectivity index (χ1n) is 6.71. The van der Waals surface area contributed by atoms with Crippen LogP contribution in [-0.2, 0) is 6.54 Å². The molecule has 21 heavy (non-hydrogen) atoms. The van der Waals surface area contributed by atoms with Crippen LogP contribution in [0.25, 0.3) is 11.1 Å². The van der Waals surface area contributed by atoms with E-state index < -0.39 is 0 Å². The Morgan fingerprint density at radius 1 is 0.905 bits per heavy atom. The molecule has 0 radical (unpaired) electrons. The molecule has 0 spiro atoms. The second-order valence-corrected chi connectivity index (χ2v) is 5.72. The van der Waals surface area contributed by atoms with Crippen LogP contribution in [0.5, 0.6) is 0 Å². The summed E-state index contributed by atoms with van der Waals surface area (Å²) in [4.78, 5) is 0. The third kappa shape index (κ3) is 3.37. The van der Waals surface area contributed by atoms with Crippen molar-refractivity contribution in [3.05, 3.63) is 88.9 Å². The third-order valence-corrected chi connectivity index (χ3v) is 4.07. The zero-order valence-electron chi connectivity index (χ0n) is 11.3. The fraction of sp³-hybridized carbons (Fsp3) is 0.0556. The van der Waals surface area contributed by atoms with Crippen LogP contribution >= 0.6 is 15.9 Å². The average Bonchev–Trinajstić information content (AvgIpc) is 2.51. The van der Waals surface area contributed by atoms with Crippen LogP contribution in [0.1, 0.15) is 5.56 Å². The number of aromatic nitrogens is 1. The molecule has 1 aromatic heterocycles. The fourth-order valence-corrected chi connectivity index (χ4v) is 2.74. The van der Waals surface area contributed by atoms with Crippen molar-refractivity contribution in [3.8, 4) is 11.1 Å². The lowest BCUT2D eigenvalue weighted by atomic mass is 10.1. The first-order valence-corrected chi connectivity index (χ1v) is 7.50. The van der Waals surface area contributed by atoms with Gasteiger partial charge in [0, 0.05) is 21.7 Å². The van der Waals surface area contributed by atoms with E-state index in [9.17, 15) is 4.39 Å². The molecule has 0 N–H and O–H groups in total. The minimum Gasteiger partial charge on any atom is -0.207 e. The summed E-state index contributed by atoms with van der Waals surface area (Å²) in [5.74, 6) is -0.228. The van der Waals surface area contributed by atoms with Gasteiger partial charge in [0.2, 0.25) is 0 Å². The smallest absolute Gasteiger partial charge is 0.176 e. The van der Waals surface area contributed by atoms with E-state index in [1.807, 2.05) is 36.5 Å². The summed E-state index contributed by atoms with van der Waals surface area (Å²) < 4.78 is 16.0. The van der Waals surface area contributed by atoms with Crippen LogP contribution in [0.2, 0.25) is 0 Å². The summed E-state index contributed by atoms with van der Waals surface area (Å²) in [6.07, 6.45) is 4.12. The SMILES string of the molecule is Fc1ccc(C[n+]2cccc(-c3ccccc3)c2)c(Br)c1. The van der Waals surface area contributed by atoms with E-state index in [2.05, 4.69) is 44.9 Å². The van der Waals surface area contributed by atoms with E-state index in [4.69, 9.17) is 0 Å². The zero-order chi connectivity index (χ0) is 14.7. The maximum absolute atomic E-state index is 13.1. The number of hydrogen-bond donors (Lipinski definition) is 0. The van der Waals surface area contributed by atoms with Gasteiger partial charge in [-0.3, -0.25) is 0 Å². The molecule has 0 atom stereocenters. The molecule has 0 aliphatic heterocycles. The molecule has 0 unspecified atom stereocenters. The molecular formula is C18H14BrFN+. The fourth-order valence-electron chi connectivity index (χ4n) is 2.27. The van der Waals surface area contributed by atoms with Gasteiger partial charge in [-0.05, 0) is 29.8 Å². The van der Waals surface area contributed by atoms with E-state index in [0.29, 0.717) is 6.54 Å². The van der Waals surface area contributed by atoms with Gasteiger partial charge in [-0.2, -0.15) is 0 Å². The predicted octanol–water partition coefficient (Wildman–Crippen LogP) is 4.59. The van der Waals surface area contributed by atoms with Crippen molar-refractivity contribution < 1.29 is 8.96 Å². The van der Waals surface area contributed by atoms with E-state index in [1.54, 1.807) is 0 Å². The molecular weight excluding hydrogens is 329 g/mol. The second-order valence-electron chi connectivity index (χ2n) is 4.87. The van der Waals surface area contributed by atoms with Crippen molar-refractivity contribution in [1.29, 1.82) is 0 Å². The summed E-state index contributed by atoms with van der Waals surface area (Å²) in [7, 11) is 0. The van der Waals surface area contributed by atoms with Gasteiger partial charge < -0.3 is 0 Å². The number of benzene rings is 2. The standard InChI is InChI=1S/C18H14BrFN/c19-18-11-17(20)9-8-16(18)13-21-10-4-7-15(12-21)14-5-2-1-3-6-14/h1-12H,13H2/q+1. The Morgan fingerprint density at radius 3 is 2.43 bits per heavy atom.